The zero-order valence-corrected chi connectivity index (χ0v) is 15.8. The molecule has 1 aliphatic heterocycles. The highest BCUT2D eigenvalue weighted by Crippen LogP contribution is 2.32. The summed E-state index contributed by atoms with van der Waals surface area (Å²) in [6.45, 7) is 1.88. The first-order valence-corrected chi connectivity index (χ1v) is 8.69. The van der Waals surface area contributed by atoms with E-state index in [1.807, 2.05) is 0 Å². The van der Waals surface area contributed by atoms with E-state index in [2.05, 4.69) is 10.6 Å². The number of nitro benzene ring substituents is 1. The van der Waals surface area contributed by atoms with Crippen LogP contribution in [0.25, 0.3) is 11.3 Å². The molecule has 0 spiro atoms. The summed E-state index contributed by atoms with van der Waals surface area (Å²) in [6, 6.07) is 7.82. The average molecular weight is 401 g/mol. The molecular formula is C19H19N3O7. The fourth-order valence-corrected chi connectivity index (χ4v) is 2.91. The summed E-state index contributed by atoms with van der Waals surface area (Å²) < 4.78 is 15.9. The molecule has 2 amide bonds. The summed E-state index contributed by atoms with van der Waals surface area (Å²) in [5, 5.41) is 16.2. The molecule has 0 saturated heterocycles. The number of carbonyl (C=O) groups excluding carboxylic acids is 2. The standard InChI is InChI=1S/C19H19N3O7/c1-11-16(18(23)28-9-8-27-2)17(21-19(24)20-11)15-7-6-14(29-15)12-4-3-5-13(10-12)22(25)26/h3-7,10,17H,8-9H2,1-2H3,(H2,20,21,24)/t17-/m0/s1. The quantitative estimate of drug-likeness (QED) is 0.315. The van der Waals surface area contributed by atoms with Crippen molar-refractivity contribution in [3.05, 3.63) is 63.5 Å². The van der Waals surface area contributed by atoms with Gasteiger partial charge in [0.05, 0.1) is 17.1 Å². The zero-order valence-electron chi connectivity index (χ0n) is 15.8. The number of hydrogen-bond donors (Lipinski definition) is 2. The highest BCUT2D eigenvalue weighted by atomic mass is 16.6. The van der Waals surface area contributed by atoms with Crippen LogP contribution in [0, 0.1) is 10.1 Å². The molecule has 0 fully saturated rings. The average Bonchev–Trinajstić information content (AvgIpc) is 3.17. The van der Waals surface area contributed by atoms with Crippen molar-refractivity contribution in [3.63, 3.8) is 0 Å². The number of allylic oxidation sites excluding steroid dienone is 1. The molecular weight excluding hydrogens is 382 g/mol. The maximum atomic E-state index is 12.5. The second-order valence-corrected chi connectivity index (χ2v) is 6.21. The number of esters is 1. The van der Waals surface area contributed by atoms with Crippen molar-refractivity contribution in [2.75, 3.05) is 20.3 Å². The molecule has 152 valence electrons. The zero-order chi connectivity index (χ0) is 21.0. The Kier molecular flexibility index (Phi) is 5.93. The first kappa shape index (κ1) is 20.1. The van der Waals surface area contributed by atoms with Gasteiger partial charge in [0, 0.05) is 30.5 Å². The minimum Gasteiger partial charge on any atom is -0.460 e. The Morgan fingerprint density at radius 1 is 1.28 bits per heavy atom. The number of nitrogens with zero attached hydrogens (tertiary/aromatic N) is 1. The topological polar surface area (TPSA) is 133 Å². The summed E-state index contributed by atoms with van der Waals surface area (Å²) in [6.07, 6.45) is 0. The van der Waals surface area contributed by atoms with Crippen LogP contribution in [0.15, 0.2) is 52.1 Å². The van der Waals surface area contributed by atoms with E-state index in [4.69, 9.17) is 13.9 Å². The number of benzene rings is 1. The van der Waals surface area contributed by atoms with Crippen LogP contribution < -0.4 is 10.6 Å². The Bertz CT molecular complexity index is 980. The third kappa shape index (κ3) is 4.43. The van der Waals surface area contributed by atoms with Crippen molar-refractivity contribution in [2.24, 2.45) is 0 Å². The molecule has 0 bridgehead atoms. The van der Waals surface area contributed by atoms with Gasteiger partial charge in [-0.3, -0.25) is 10.1 Å². The smallest absolute Gasteiger partial charge is 0.338 e. The fraction of sp³-hybridized carbons (Fsp3) is 0.263. The van der Waals surface area contributed by atoms with Crippen LogP contribution in [0.5, 0.6) is 0 Å². The monoisotopic (exact) mass is 401 g/mol. The molecule has 10 heteroatoms. The highest BCUT2D eigenvalue weighted by Gasteiger charge is 2.34. The van der Waals surface area contributed by atoms with E-state index in [0.717, 1.165) is 0 Å². The van der Waals surface area contributed by atoms with Crippen LogP contribution in [-0.4, -0.2) is 37.2 Å². The maximum Gasteiger partial charge on any atom is 0.338 e. The van der Waals surface area contributed by atoms with Gasteiger partial charge >= 0.3 is 12.0 Å². The van der Waals surface area contributed by atoms with Gasteiger partial charge in [-0.15, -0.1) is 0 Å². The summed E-state index contributed by atoms with van der Waals surface area (Å²) in [5.74, 6) is 0.0333. The molecule has 0 aliphatic carbocycles. The SMILES string of the molecule is COCCOC(=O)C1=C(C)NC(=O)N[C@H]1c1ccc(-c2cccc([N+](=O)[O-])c2)o1. The minimum atomic E-state index is -0.869. The molecule has 2 heterocycles. The third-order valence-corrected chi connectivity index (χ3v) is 4.26. The van der Waals surface area contributed by atoms with Gasteiger partial charge in [0.25, 0.3) is 5.69 Å². The Labute approximate surface area is 165 Å². The van der Waals surface area contributed by atoms with E-state index in [1.165, 1.54) is 19.2 Å². The van der Waals surface area contributed by atoms with E-state index < -0.39 is 23.0 Å². The first-order valence-electron chi connectivity index (χ1n) is 8.69. The summed E-state index contributed by atoms with van der Waals surface area (Å²) in [7, 11) is 1.49. The number of ether oxygens (including phenoxy) is 2. The minimum absolute atomic E-state index is 0.0594. The molecule has 1 atom stereocenters. The third-order valence-electron chi connectivity index (χ3n) is 4.26. The Hall–Kier alpha value is -3.66. The molecule has 2 N–H and O–H groups in total. The van der Waals surface area contributed by atoms with Gasteiger partial charge < -0.3 is 24.5 Å². The molecule has 3 rings (SSSR count). The van der Waals surface area contributed by atoms with Gasteiger partial charge in [0.2, 0.25) is 0 Å². The fourth-order valence-electron chi connectivity index (χ4n) is 2.91. The lowest BCUT2D eigenvalue weighted by Gasteiger charge is -2.26. The van der Waals surface area contributed by atoms with E-state index in [0.29, 0.717) is 22.8 Å². The molecule has 0 radical (unpaired) electrons. The second kappa shape index (κ2) is 8.57. The number of furan rings is 1. The van der Waals surface area contributed by atoms with Crippen molar-refractivity contribution in [2.45, 2.75) is 13.0 Å². The number of non-ortho nitro benzene ring substituents is 1. The number of nitrogens with one attached hydrogen (secondary N) is 2. The number of hydrogen-bond acceptors (Lipinski definition) is 7. The van der Waals surface area contributed by atoms with E-state index in [1.54, 1.807) is 31.2 Å². The van der Waals surface area contributed by atoms with Crippen molar-refractivity contribution in [1.29, 1.82) is 0 Å². The number of nitro groups is 1. The summed E-state index contributed by atoms with van der Waals surface area (Å²) >= 11 is 0. The molecule has 1 aromatic carbocycles. The van der Waals surface area contributed by atoms with Gasteiger partial charge in [-0.25, -0.2) is 9.59 Å². The number of rotatable bonds is 7. The van der Waals surface area contributed by atoms with Gasteiger partial charge in [-0.1, -0.05) is 12.1 Å². The Morgan fingerprint density at radius 3 is 2.79 bits per heavy atom. The molecule has 1 aliphatic rings. The first-order chi connectivity index (χ1) is 13.9. The molecule has 0 unspecified atom stereocenters. The van der Waals surface area contributed by atoms with Crippen molar-refractivity contribution in [1.82, 2.24) is 10.6 Å². The van der Waals surface area contributed by atoms with E-state index >= 15 is 0 Å². The van der Waals surface area contributed by atoms with Gasteiger partial charge in [0.1, 0.15) is 24.2 Å². The highest BCUT2D eigenvalue weighted by molar-refractivity contribution is 5.94. The predicted octanol–water partition coefficient (Wildman–Crippen LogP) is 2.67. The molecule has 29 heavy (non-hydrogen) atoms. The molecule has 2 aromatic rings. The summed E-state index contributed by atoms with van der Waals surface area (Å²) in [5.41, 5.74) is 0.958. The van der Waals surface area contributed by atoms with Crippen LogP contribution in [0.2, 0.25) is 0 Å². The van der Waals surface area contributed by atoms with Gasteiger partial charge in [-0.05, 0) is 19.1 Å². The van der Waals surface area contributed by atoms with Gasteiger partial charge in [0.15, 0.2) is 0 Å². The van der Waals surface area contributed by atoms with E-state index in [-0.39, 0.29) is 24.5 Å². The largest absolute Gasteiger partial charge is 0.460 e. The number of carbonyl (C=O) groups is 2. The number of amides is 2. The van der Waals surface area contributed by atoms with Crippen LogP contribution in [0.1, 0.15) is 18.7 Å². The lowest BCUT2D eigenvalue weighted by Crippen LogP contribution is -2.45. The van der Waals surface area contributed by atoms with Gasteiger partial charge in [-0.2, -0.15) is 0 Å². The van der Waals surface area contributed by atoms with Crippen molar-refractivity contribution in [3.8, 4) is 11.3 Å². The van der Waals surface area contributed by atoms with Crippen molar-refractivity contribution >= 4 is 17.7 Å². The summed E-state index contributed by atoms with van der Waals surface area (Å²) in [4.78, 5) is 35.0. The lowest BCUT2D eigenvalue weighted by molar-refractivity contribution is -0.384. The van der Waals surface area contributed by atoms with E-state index in [9.17, 15) is 19.7 Å². The number of urea groups is 1. The lowest BCUT2D eigenvalue weighted by atomic mass is 10.0. The van der Waals surface area contributed by atoms with Crippen LogP contribution in [0.4, 0.5) is 10.5 Å². The number of methoxy groups -OCH3 is 1. The molecule has 1 aromatic heterocycles. The van der Waals surface area contributed by atoms with Crippen molar-refractivity contribution < 1.29 is 28.4 Å². The normalized spacial score (nSPS) is 16.2. The molecule has 0 saturated carbocycles. The maximum absolute atomic E-state index is 12.5. The Balaban J connectivity index is 1.91. The van der Waals surface area contributed by atoms with Crippen LogP contribution in [0.3, 0.4) is 0 Å². The van der Waals surface area contributed by atoms with Crippen LogP contribution >= 0.6 is 0 Å². The van der Waals surface area contributed by atoms with Crippen LogP contribution in [-0.2, 0) is 14.3 Å². The predicted molar refractivity (Wildman–Crippen MR) is 101 cm³/mol. The molecule has 10 nitrogen and oxygen atoms in total. The second-order valence-electron chi connectivity index (χ2n) is 6.21. The Morgan fingerprint density at radius 2 is 2.07 bits per heavy atom.